The summed E-state index contributed by atoms with van der Waals surface area (Å²) in [5.74, 6) is -1.50. The molecular weight excluding hydrogens is 374 g/mol. The number of amides is 1. The van der Waals surface area contributed by atoms with Crippen LogP contribution in [-0.4, -0.2) is 53.2 Å². The monoisotopic (exact) mass is 393 g/mol. The van der Waals surface area contributed by atoms with E-state index in [9.17, 15) is 9.59 Å². The minimum Gasteiger partial charge on any atom is -0.480 e. The number of aliphatic imine (C=N–C) groups is 1. The number of carboxylic acids is 1. The number of thiazole rings is 1. The summed E-state index contributed by atoms with van der Waals surface area (Å²) in [6.07, 6.45) is 0. The molecule has 7 heteroatoms. The fraction of sp³-hybridized carbons (Fsp3) is 0.143. The number of aromatic nitrogens is 1. The van der Waals surface area contributed by atoms with E-state index >= 15 is 0 Å². The van der Waals surface area contributed by atoms with Crippen LogP contribution in [0.4, 0.5) is 0 Å². The lowest BCUT2D eigenvalue weighted by Gasteiger charge is -2.18. The molecule has 0 unspecified atom stereocenters. The fourth-order valence-corrected chi connectivity index (χ4v) is 3.79. The van der Waals surface area contributed by atoms with Gasteiger partial charge in [0.25, 0.3) is 5.91 Å². The van der Waals surface area contributed by atoms with E-state index in [0.29, 0.717) is 5.69 Å². The van der Waals surface area contributed by atoms with E-state index in [1.54, 1.807) is 0 Å². The van der Waals surface area contributed by atoms with Gasteiger partial charge in [0.1, 0.15) is 6.54 Å². The first kappa shape index (κ1) is 19.4. The Morgan fingerprint density at radius 1 is 1.04 bits per heavy atom. The van der Waals surface area contributed by atoms with Gasteiger partial charge >= 0.3 is 5.97 Å². The third-order valence-electron chi connectivity index (χ3n) is 4.03. The van der Waals surface area contributed by atoms with Crippen LogP contribution in [-0.2, 0) is 4.79 Å². The molecule has 0 bridgehead atoms. The summed E-state index contributed by atoms with van der Waals surface area (Å²) >= 11 is 1.26. The van der Waals surface area contributed by atoms with Crippen LogP contribution >= 0.6 is 11.3 Å². The first-order valence-electron chi connectivity index (χ1n) is 8.65. The SMILES string of the molecule is C=NCCN(CC(=O)O)C(=O)c1nc(-c2ccccc2)c(-c2ccccc2)s1. The number of benzene rings is 2. The van der Waals surface area contributed by atoms with Crippen molar-refractivity contribution in [1.82, 2.24) is 9.88 Å². The Hall–Kier alpha value is -3.32. The average Bonchev–Trinajstić information content (AvgIpc) is 3.17. The van der Waals surface area contributed by atoms with Gasteiger partial charge in [-0.05, 0) is 12.3 Å². The van der Waals surface area contributed by atoms with Gasteiger partial charge in [0.2, 0.25) is 0 Å². The van der Waals surface area contributed by atoms with Gasteiger partial charge in [-0.3, -0.25) is 14.6 Å². The zero-order valence-electron chi connectivity index (χ0n) is 15.1. The maximum absolute atomic E-state index is 13.0. The van der Waals surface area contributed by atoms with E-state index < -0.39 is 18.4 Å². The van der Waals surface area contributed by atoms with Crippen LogP contribution in [0.1, 0.15) is 9.80 Å². The zero-order chi connectivity index (χ0) is 19.9. The highest BCUT2D eigenvalue weighted by atomic mass is 32.1. The molecular formula is C21H19N3O3S. The lowest BCUT2D eigenvalue weighted by Crippen LogP contribution is -2.37. The summed E-state index contributed by atoms with van der Waals surface area (Å²) in [6, 6.07) is 19.3. The number of nitrogens with zero attached hydrogens (tertiary/aromatic N) is 3. The first-order chi connectivity index (χ1) is 13.6. The molecule has 3 rings (SSSR count). The highest BCUT2D eigenvalue weighted by molar-refractivity contribution is 7.17. The number of carbonyl (C=O) groups is 2. The molecule has 0 aliphatic heterocycles. The second-order valence-electron chi connectivity index (χ2n) is 6.00. The van der Waals surface area contributed by atoms with Crippen molar-refractivity contribution < 1.29 is 14.7 Å². The largest absolute Gasteiger partial charge is 0.480 e. The van der Waals surface area contributed by atoms with Gasteiger partial charge in [0, 0.05) is 12.1 Å². The Kier molecular flexibility index (Phi) is 6.29. The summed E-state index contributed by atoms with van der Waals surface area (Å²) in [6.45, 7) is 3.43. The number of rotatable bonds is 8. The molecule has 1 N–H and O–H groups in total. The highest BCUT2D eigenvalue weighted by Gasteiger charge is 2.24. The normalized spacial score (nSPS) is 10.4. The van der Waals surface area contributed by atoms with Crippen molar-refractivity contribution in [2.24, 2.45) is 4.99 Å². The molecule has 0 fully saturated rings. The van der Waals surface area contributed by atoms with Crippen LogP contribution in [0.25, 0.3) is 21.7 Å². The molecule has 28 heavy (non-hydrogen) atoms. The number of hydrogen-bond donors (Lipinski definition) is 1. The van der Waals surface area contributed by atoms with Crippen LogP contribution in [0.5, 0.6) is 0 Å². The summed E-state index contributed by atoms with van der Waals surface area (Å²) in [5.41, 5.74) is 2.56. The van der Waals surface area contributed by atoms with Crippen molar-refractivity contribution in [3.63, 3.8) is 0 Å². The second kappa shape index (κ2) is 9.05. The minimum absolute atomic E-state index is 0.176. The van der Waals surface area contributed by atoms with Crippen molar-refractivity contribution >= 4 is 29.9 Å². The van der Waals surface area contributed by atoms with Crippen molar-refractivity contribution in [1.29, 1.82) is 0 Å². The third-order valence-corrected chi connectivity index (χ3v) is 5.13. The Morgan fingerprint density at radius 3 is 2.21 bits per heavy atom. The maximum Gasteiger partial charge on any atom is 0.323 e. The molecule has 0 atom stereocenters. The summed E-state index contributed by atoms with van der Waals surface area (Å²) in [4.78, 5) is 34.5. The third kappa shape index (κ3) is 4.50. The van der Waals surface area contributed by atoms with E-state index in [0.717, 1.165) is 16.0 Å². The molecule has 2 aromatic carbocycles. The minimum atomic E-state index is -1.08. The predicted molar refractivity (Wildman–Crippen MR) is 111 cm³/mol. The number of hydrogen-bond acceptors (Lipinski definition) is 5. The number of carboxylic acid groups (broad SMARTS) is 1. The van der Waals surface area contributed by atoms with E-state index in [2.05, 4.69) is 16.7 Å². The molecule has 3 aromatic rings. The predicted octanol–water partition coefficient (Wildman–Crippen LogP) is 3.70. The van der Waals surface area contributed by atoms with Gasteiger partial charge in [-0.1, -0.05) is 60.7 Å². The van der Waals surface area contributed by atoms with Crippen molar-refractivity contribution in [2.45, 2.75) is 0 Å². The summed E-state index contributed by atoms with van der Waals surface area (Å²) < 4.78 is 0. The maximum atomic E-state index is 13.0. The average molecular weight is 393 g/mol. The first-order valence-corrected chi connectivity index (χ1v) is 9.47. The quantitative estimate of drug-likeness (QED) is 0.592. The Balaban J connectivity index is 2.04. The van der Waals surface area contributed by atoms with Crippen molar-refractivity contribution in [3.05, 3.63) is 65.7 Å². The molecule has 0 aliphatic carbocycles. The summed E-state index contributed by atoms with van der Waals surface area (Å²) in [7, 11) is 0. The van der Waals surface area contributed by atoms with Crippen LogP contribution in [0.3, 0.4) is 0 Å². The van der Waals surface area contributed by atoms with E-state index in [-0.39, 0.29) is 18.1 Å². The molecule has 142 valence electrons. The molecule has 1 amide bonds. The smallest absolute Gasteiger partial charge is 0.323 e. The number of aliphatic carboxylic acids is 1. The fourth-order valence-electron chi connectivity index (χ4n) is 2.73. The molecule has 0 saturated heterocycles. The van der Waals surface area contributed by atoms with Gasteiger partial charge in [0.15, 0.2) is 5.01 Å². The molecule has 6 nitrogen and oxygen atoms in total. The van der Waals surface area contributed by atoms with Gasteiger partial charge < -0.3 is 10.0 Å². The Bertz CT molecular complexity index is 914. The standard InChI is InChI=1S/C21H19N3O3S/c1-22-12-13-24(14-17(25)26)21(27)20-23-18(15-8-4-2-5-9-15)19(28-20)16-10-6-3-7-11-16/h2-11H,1,12-14H2,(H,25,26). The van der Waals surface area contributed by atoms with Crippen LogP contribution < -0.4 is 0 Å². The molecule has 0 radical (unpaired) electrons. The molecule has 1 heterocycles. The highest BCUT2D eigenvalue weighted by Crippen LogP contribution is 2.37. The topological polar surface area (TPSA) is 82.9 Å². The molecule has 0 saturated carbocycles. The molecule has 1 aromatic heterocycles. The molecule has 0 aliphatic rings. The van der Waals surface area contributed by atoms with E-state index in [1.807, 2.05) is 60.7 Å². The van der Waals surface area contributed by atoms with Gasteiger partial charge in [-0.25, -0.2) is 4.98 Å². The van der Waals surface area contributed by atoms with Gasteiger partial charge in [-0.15, -0.1) is 11.3 Å². The van der Waals surface area contributed by atoms with Gasteiger partial charge in [0.05, 0.1) is 17.1 Å². The van der Waals surface area contributed by atoms with Crippen LogP contribution in [0, 0.1) is 0 Å². The van der Waals surface area contributed by atoms with Crippen LogP contribution in [0.2, 0.25) is 0 Å². The van der Waals surface area contributed by atoms with E-state index in [1.165, 1.54) is 16.2 Å². The zero-order valence-corrected chi connectivity index (χ0v) is 15.9. The van der Waals surface area contributed by atoms with Crippen LogP contribution in [0.15, 0.2) is 65.7 Å². The molecule has 0 spiro atoms. The van der Waals surface area contributed by atoms with Crippen molar-refractivity contribution in [3.8, 4) is 21.7 Å². The van der Waals surface area contributed by atoms with Gasteiger partial charge in [-0.2, -0.15) is 0 Å². The lowest BCUT2D eigenvalue weighted by molar-refractivity contribution is -0.137. The second-order valence-corrected chi connectivity index (χ2v) is 7.00. The Labute approximate surface area is 166 Å². The Morgan fingerprint density at radius 2 is 1.64 bits per heavy atom. The van der Waals surface area contributed by atoms with Crippen molar-refractivity contribution in [2.75, 3.05) is 19.6 Å². The number of carbonyl (C=O) groups excluding carboxylic acids is 1. The lowest BCUT2D eigenvalue weighted by atomic mass is 10.1. The summed E-state index contributed by atoms with van der Waals surface area (Å²) in [5, 5.41) is 9.39. The van der Waals surface area contributed by atoms with E-state index in [4.69, 9.17) is 5.11 Å².